The first kappa shape index (κ1) is 14.2. The van der Waals surface area contributed by atoms with Crippen LogP contribution in [0.4, 0.5) is 5.69 Å². The summed E-state index contributed by atoms with van der Waals surface area (Å²) in [7, 11) is 1.76. The van der Waals surface area contributed by atoms with E-state index < -0.39 is 0 Å². The number of nitrogens with zero attached hydrogens (tertiary/aromatic N) is 1. The Bertz CT molecular complexity index is 419. The molecule has 1 fully saturated rings. The Kier molecular flexibility index (Phi) is 4.70. The smallest absolute Gasteiger partial charge is 0.142 e. The van der Waals surface area contributed by atoms with Gasteiger partial charge in [0.25, 0.3) is 0 Å². The van der Waals surface area contributed by atoms with Crippen LogP contribution in [0.2, 0.25) is 0 Å². The number of ether oxygens (including phenoxy) is 1. The number of rotatable bonds is 4. The summed E-state index contributed by atoms with van der Waals surface area (Å²) in [6.07, 6.45) is 2.32. The van der Waals surface area contributed by atoms with E-state index >= 15 is 0 Å². The predicted octanol–water partition coefficient (Wildman–Crippen LogP) is 2.97. The maximum atomic E-state index is 5.55. The number of anilines is 1. The van der Waals surface area contributed by atoms with E-state index in [2.05, 4.69) is 49.2 Å². The quantitative estimate of drug-likeness (QED) is 0.903. The van der Waals surface area contributed by atoms with Crippen LogP contribution in [0, 0.1) is 6.92 Å². The maximum Gasteiger partial charge on any atom is 0.142 e. The zero-order valence-corrected chi connectivity index (χ0v) is 12.6. The summed E-state index contributed by atoms with van der Waals surface area (Å²) in [6.45, 7) is 8.77. The zero-order chi connectivity index (χ0) is 13.8. The van der Waals surface area contributed by atoms with Crippen molar-refractivity contribution in [1.82, 2.24) is 5.32 Å². The van der Waals surface area contributed by atoms with Crippen molar-refractivity contribution in [2.24, 2.45) is 0 Å². The van der Waals surface area contributed by atoms with Gasteiger partial charge in [-0.3, -0.25) is 0 Å². The summed E-state index contributed by atoms with van der Waals surface area (Å²) in [5.41, 5.74) is 2.53. The molecular formula is C16H26N2O. The van der Waals surface area contributed by atoms with Gasteiger partial charge in [-0.15, -0.1) is 0 Å². The van der Waals surface area contributed by atoms with Gasteiger partial charge in [-0.2, -0.15) is 0 Å². The van der Waals surface area contributed by atoms with Crippen LogP contribution < -0.4 is 15.0 Å². The molecule has 0 aliphatic carbocycles. The Balaban J connectivity index is 2.32. The molecule has 1 aliphatic heterocycles. The Hall–Kier alpha value is -1.22. The van der Waals surface area contributed by atoms with E-state index in [1.807, 2.05) is 0 Å². The number of methoxy groups -OCH3 is 1. The van der Waals surface area contributed by atoms with Crippen LogP contribution in [0.15, 0.2) is 18.2 Å². The number of hydrogen-bond acceptors (Lipinski definition) is 3. The average molecular weight is 262 g/mol. The van der Waals surface area contributed by atoms with Crippen molar-refractivity contribution < 1.29 is 4.74 Å². The van der Waals surface area contributed by atoms with E-state index in [0.717, 1.165) is 25.3 Å². The lowest BCUT2D eigenvalue weighted by atomic mass is 10.0. The molecule has 0 saturated carbocycles. The highest BCUT2D eigenvalue weighted by Gasteiger charge is 2.27. The highest BCUT2D eigenvalue weighted by molar-refractivity contribution is 5.61. The molecule has 0 bridgehead atoms. The second-order valence-corrected chi connectivity index (χ2v) is 5.40. The Morgan fingerprint density at radius 1 is 1.32 bits per heavy atom. The number of nitrogens with one attached hydrogen (secondary N) is 1. The van der Waals surface area contributed by atoms with Crippen LogP contribution in [0.25, 0.3) is 0 Å². The van der Waals surface area contributed by atoms with Crippen LogP contribution in [0.1, 0.15) is 32.3 Å². The van der Waals surface area contributed by atoms with Gasteiger partial charge in [0.1, 0.15) is 5.75 Å². The molecular weight excluding hydrogens is 236 g/mol. The first-order valence-electron chi connectivity index (χ1n) is 7.34. The minimum atomic E-state index is 0.554. The summed E-state index contributed by atoms with van der Waals surface area (Å²) in [6, 6.07) is 7.58. The third kappa shape index (κ3) is 3.03. The Labute approximate surface area is 116 Å². The summed E-state index contributed by atoms with van der Waals surface area (Å²) >= 11 is 0. The van der Waals surface area contributed by atoms with Crippen molar-refractivity contribution in [3.05, 3.63) is 23.8 Å². The highest BCUT2D eigenvalue weighted by atomic mass is 16.5. The van der Waals surface area contributed by atoms with Crippen molar-refractivity contribution in [3.8, 4) is 5.75 Å². The summed E-state index contributed by atoms with van der Waals surface area (Å²) in [5, 5.41) is 3.64. The fourth-order valence-corrected chi connectivity index (χ4v) is 2.82. The highest BCUT2D eigenvalue weighted by Crippen LogP contribution is 2.32. The molecule has 2 rings (SSSR count). The second-order valence-electron chi connectivity index (χ2n) is 5.40. The van der Waals surface area contributed by atoms with Gasteiger partial charge in [0.15, 0.2) is 0 Å². The lowest BCUT2D eigenvalue weighted by Crippen LogP contribution is -2.56. The average Bonchev–Trinajstić information content (AvgIpc) is 2.46. The van der Waals surface area contributed by atoms with Crippen LogP contribution in [-0.2, 0) is 0 Å². The summed E-state index contributed by atoms with van der Waals surface area (Å²) < 4.78 is 5.55. The largest absolute Gasteiger partial charge is 0.495 e. The lowest BCUT2D eigenvalue weighted by Gasteiger charge is -2.42. The van der Waals surface area contributed by atoms with E-state index in [-0.39, 0.29) is 0 Å². The Morgan fingerprint density at radius 2 is 2.11 bits per heavy atom. The fourth-order valence-electron chi connectivity index (χ4n) is 2.82. The third-order valence-electron chi connectivity index (χ3n) is 4.11. The van der Waals surface area contributed by atoms with E-state index in [1.54, 1.807) is 7.11 Å². The van der Waals surface area contributed by atoms with E-state index in [0.29, 0.717) is 12.1 Å². The van der Waals surface area contributed by atoms with Crippen LogP contribution in [-0.4, -0.2) is 32.3 Å². The predicted molar refractivity (Wildman–Crippen MR) is 81.2 cm³/mol. The number of benzene rings is 1. The molecule has 0 spiro atoms. The van der Waals surface area contributed by atoms with E-state index in [1.165, 1.54) is 17.7 Å². The van der Waals surface area contributed by atoms with E-state index in [4.69, 9.17) is 4.74 Å². The first-order chi connectivity index (χ1) is 9.19. The SMILES string of the molecule is CCC1CN(c2cc(C)ccc2OC)C(CC)CN1. The molecule has 1 aromatic carbocycles. The van der Waals surface area contributed by atoms with Gasteiger partial charge in [0.2, 0.25) is 0 Å². The van der Waals surface area contributed by atoms with Crippen LogP contribution >= 0.6 is 0 Å². The Morgan fingerprint density at radius 3 is 2.74 bits per heavy atom. The number of aryl methyl sites for hydroxylation is 1. The normalized spacial score (nSPS) is 23.5. The molecule has 0 amide bonds. The molecule has 1 aliphatic rings. The minimum Gasteiger partial charge on any atom is -0.495 e. The second kappa shape index (κ2) is 6.29. The van der Waals surface area contributed by atoms with E-state index in [9.17, 15) is 0 Å². The molecule has 1 saturated heterocycles. The lowest BCUT2D eigenvalue weighted by molar-refractivity contribution is 0.369. The van der Waals surface area contributed by atoms with Crippen molar-refractivity contribution in [2.45, 2.75) is 45.7 Å². The van der Waals surface area contributed by atoms with Crippen molar-refractivity contribution in [1.29, 1.82) is 0 Å². The standard InChI is InChI=1S/C16H26N2O/c1-5-13-11-18(14(6-2)10-17-13)15-9-12(3)7-8-16(15)19-4/h7-9,13-14,17H,5-6,10-11H2,1-4H3. The fraction of sp³-hybridized carbons (Fsp3) is 0.625. The zero-order valence-electron chi connectivity index (χ0n) is 12.6. The monoisotopic (exact) mass is 262 g/mol. The van der Waals surface area contributed by atoms with Gasteiger partial charge < -0.3 is 15.0 Å². The molecule has 0 aromatic heterocycles. The molecule has 3 nitrogen and oxygen atoms in total. The van der Waals surface area contributed by atoms with Gasteiger partial charge in [0.05, 0.1) is 12.8 Å². The van der Waals surface area contributed by atoms with Crippen LogP contribution in [0.3, 0.4) is 0 Å². The van der Waals surface area contributed by atoms with Crippen molar-refractivity contribution in [3.63, 3.8) is 0 Å². The number of piperazine rings is 1. The topological polar surface area (TPSA) is 24.5 Å². The molecule has 1 aromatic rings. The van der Waals surface area contributed by atoms with Gasteiger partial charge in [-0.1, -0.05) is 19.9 Å². The number of hydrogen-bond donors (Lipinski definition) is 1. The summed E-state index contributed by atoms with van der Waals surface area (Å²) in [4.78, 5) is 2.52. The van der Waals surface area contributed by atoms with Crippen molar-refractivity contribution in [2.75, 3.05) is 25.1 Å². The molecule has 2 unspecified atom stereocenters. The first-order valence-corrected chi connectivity index (χ1v) is 7.34. The molecule has 19 heavy (non-hydrogen) atoms. The summed E-state index contributed by atoms with van der Waals surface area (Å²) in [5.74, 6) is 0.987. The molecule has 1 N–H and O–H groups in total. The van der Waals surface area contributed by atoms with Crippen molar-refractivity contribution >= 4 is 5.69 Å². The molecule has 0 radical (unpaired) electrons. The van der Waals surface area contributed by atoms with Gasteiger partial charge in [-0.25, -0.2) is 0 Å². The molecule has 3 heteroatoms. The van der Waals surface area contributed by atoms with Crippen LogP contribution in [0.5, 0.6) is 5.75 Å². The maximum absolute atomic E-state index is 5.55. The molecule has 1 heterocycles. The minimum absolute atomic E-state index is 0.554. The molecule has 2 atom stereocenters. The third-order valence-corrected chi connectivity index (χ3v) is 4.11. The van der Waals surface area contributed by atoms with Gasteiger partial charge in [-0.05, 0) is 37.5 Å². The van der Waals surface area contributed by atoms with Gasteiger partial charge in [0, 0.05) is 25.2 Å². The molecule has 106 valence electrons. The van der Waals surface area contributed by atoms with Gasteiger partial charge >= 0.3 is 0 Å².